The van der Waals surface area contributed by atoms with Crippen LogP contribution in [0.15, 0.2) is 18.2 Å². The Morgan fingerprint density at radius 2 is 2.16 bits per heavy atom. The summed E-state index contributed by atoms with van der Waals surface area (Å²) in [6.45, 7) is 6.38. The van der Waals surface area contributed by atoms with Gasteiger partial charge in [-0.05, 0) is 38.3 Å². The van der Waals surface area contributed by atoms with Crippen LogP contribution in [0.3, 0.4) is 0 Å². The zero-order valence-electron chi connectivity index (χ0n) is 12.4. The van der Waals surface area contributed by atoms with Crippen LogP contribution in [0.4, 0.5) is 0 Å². The molecule has 0 saturated carbocycles. The summed E-state index contributed by atoms with van der Waals surface area (Å²) in [7, 11) is 0. The highest BCUT2D eigenvalue weighted by atomic mass is 16.5. The van der Waals surface area contributed by atoms with Gasteiger partial charge in [0, 0.05) is 11.6 Å². The monoisotopic (exact) mass is 261 g/mol. The fourth-order valence-corrected chi connectivity index (χ4v) is 2.80. The standard InChI is InChI=1S/C17H27NO/c1-3-4-5-6-12-18-16-11-8-13-19-17-14(2)9-7-10-15(16)17/h7,9-10,16,18H,3-6,8,11-13H2,1-2H3. The molecule has 19 heavy (non-hydrogen) atoms. The van der Waals surface area contributed by atoms with Gasteiger partial charge in [-0.25, -0.2) is 0 Å². The number of hydrogen-bond acceptors (Lipinski definition) is 2. The molecule has 0 amide bonds. The van der Waals surface area contributed by atoms with E-state index in [0.717, 1.165) is 25.3 Å². The molecule has 0 fully saturated rings. The highest BCUT2D eigenvalue weighted by Crippen LogP contribution is 2.33. The van der Waals surface area contributed by atoms with E-state index < -0.39 is 0 Å². The van der Waals surface area contributed by atoms with Gasteiger partial charge in [0.1, 0.15) is 5.75 Å². The smallest absolute Gasteiger partial charge is 0.126 e. The fourth-order valence-electron chi connectivity index (χ4n) is 2.80. The molecule has 0 aromatic heterocycles. The summed E-state index contributed by atoms with van der Waals surface area (Å²) in [6, 6.07) is 6.98. The summed E-state index contributed by atoms with van der Waals surface area (Å²) in [5, 5.41) is 3.72. The van der Waals surface area contributed by atoms with Crippen LogP contribution < -0.4 is 10.1 Å². The quantitative estimate of drug-likeness (QED) is 0.767. The fraction of sp³-hybridized carbons (Fsp3) is 0.647. The van der Waals surface area contributed by atoms with Crippen LogP contribution in [-0.2, 0) is 0 Å². The van der Waals surface area contributed by atoms with Gasteiger partial charge in [0.2, 0.25) is 0 Å². The Labute approximate surface area is 117 Å². The van der Waals surface area contributed by atoms with Gasteiger partial charge < -0.3 is 10.1 Å². The minimum absolute atomic E-state index is 0.471. The lowest BCUT2D eigenvalue weighted by Gasteiger charge is -2.19. The predicted octanol–water partition coefficient (Wildman–Crippen LogP) is 4.38. The van der Waals surface area contributed by atoms with Crippen molar-refractivity contribution in [1.29, 1.82) is 0 Å². The molecule has 2 rings (SSSR count). The van der Waals surface area contributed by atoms with E-state index in [9.17, 15) is 0 Å². The first-order valence-electron chi connectivity index (χ1n) is 7.78. The van der Waals surface area contributed by atoms with E-state index in [1.807, 2.05) is 0 Å². The SMILES string of the molecule is CCCCCCNC1CCCOc2c(C)cccc21. The van der Waals surface area contributed by atoms with Crippen molar-refractivity contribution in [3.63, 3.8) is 0 Å². The number of fused-ring (bicyclic) bond motifs is 1. The van der Waals surface area contributed by atoms with Crippen molar-refractivity contribution in [2.45, 2.75) is 58.4 Å². The van der Waals surface area contributed by atoms with Gasteiger partial charge in [-0.2, -0.15) is 0 Å². The van der Waals surface area contributed by atoms with E-state index in [0.29, 0.717) is 6.04 Å². The van der Waals surface area contributed by atoms with Gasteiger partial charge in [0.05, 0.1) is 6.61 Å². The Balaban J connectivity index is 1.96. The van der Waals surface area contributed by atoms with Crippen molar-refractivity contribution in [2.24, 2.45) is 0 Å². The van der Waals surface area contributed by atoms with Crippen molar-refractivity contribution >= 4 is 0 Å². The highest BCUT2D eigenvalue weighted by Gasteiger charge is 2.20. The van der Waals surface area contributed by atoms with Gasteiger partial charge in [-0.1, -0.05) is 44.4 Å². The average Bonchev–Trinajstić information content (AvgIpc) is 2.62. The molecule has 0 spiro atoms. The number of hydrogen-bond donors (Lipinski definition) is 1. The Bertz CT molecular complexity index is 389. The topological polar surface area (TPSA) is 21.3 Å². The number of aryl methyl sites for hydroxylation is 1. The maximum absolute atomic E-state index is 5.91. The van der Waals surface area contributed by atoms with Crippen molar-refractivity contribution in [2.75, 3.05) is 13.2 Å². The lowest BCUT2D eigenvalue weighted by atomic mass is 9.99. The number of unbranched alkanes of at least 4 members (excludes halogenated alkanes) is 3. The number of benzene rings is 1. The third kappa shape index (κ3) is 3.97. The van der Waals surface area contributed by atoms with E-state index in [1.54, 1.807) is 0 Å². The maximum Gasteiger partial charge on any atom is 0.126 e. The van der Waals surface area contributed by atoms with Gasteiger partial charge in [0.25, 0.3) is 0 Å². The summed E-state index contributed by atoms with van der Waals surface area (Å²) >= 11 is 0. The van der Waals surface area contributed by atoms with Gasteiger partial charge in [-0.15, -0.1) is 0 Å². The van der Waals surface area contributed by atoms with Crippen LogP contribution in [0.1, 0.15) is 62.6 Å². The van der Waals surface area contributed by atoms with Gasteiger partial charge in [0.15, 0.2) is 0 Å². The zero-order chi connectivity index (χ0) is 13.5. The normalized spacial score (nSPS) is 18.5. The first-order chi connectivity index (χ1) is 9.33. The molecule has 106 valence electrons. The molecule has 1 aromatic carbocycles. The lowest BCUT2D eigenvalue weighted by Crippen LogP contribution is -2.22. The maximum atomic E-state index is 5.91. The molecular weight excluding hydrogens is 234 g/mol. The molecule has 1 aliphatic rings. The molecular formula is C17H27NO. The summed E-state index contributed by atoms with van der Waals surface area (Å²) in [5.41, 5.74) is 2.62. The first kappa shape index (κ1) is 14.4. The third-order valence-corrected chi connectivity index (χ3v) is 3.92. The van der Waals surface area contributed by atoms with Crippen LogP contribution in [0, 0.1) is 6.92 Å². The second-order valence-corrected chi connectivity index (χ2v) is 5.55. The van der Waals surface area contributed by atoms with Crippen molar-refractivity contribution in [3.8, 4) is 5.75 Å². The summed E-state index contributed by atoms with van der Waals surface area (Å²) in [5.74, 6) is 1.12. The second kappa shape index (κ2) is 7.54. The molecule has 0 bridgehead atoms. The molecule has 1 aromatic rings. The molecule has 1 unspecified atom stereocenters. The molecule has 2 nitrogen and oxygen atoms in total. The molecule has 0 saturated heterocycles. The second-order valence-electron chi connectivity index (χ2n) is 5.55. The van der Waals surface area contributed by atoms with E-state index >= 15 is 0 Å². The first-order valence-corrected chi connectivity index (χ1v) is 7.78. The molecule has 2 heteroatoms. The minimum atomic E-state index is 0.471. The van der Waals surface area contributed by atoms with Gasteiger partial charge in [-0.3, -0.25) is 0 Å². The van der Waals surface area contributed by atoms with Gasteiger partial charge >= 0.3 is 0 Å². The Hall–Kier alpha value is -1.02. The molecule has 1 heterocycles. The highest BCUT2D eigenvalue weighted by molar-refractivity contribution is 5.43. The van der Waals surface area contributed by atoms with Crippen LogP contribution in [0.2, 0.25) is 0 Å². The van der Waals surface area contributed by atoms with Crippen LogP contribution in [-0.4, -0.2) is 13.2 Å². The molecule has 1 aliphatic heterocycles. The third-order valence-electron chi connectivity index (χ3n) is 3.92. The van der Waals surface area contributed by atoms with E-state index in [1.165, 1.54) is 43.2 Å². The van der Waals surface area contributed by atoms with E-state index in [4.69, 9.17) is 4.74 Å². The van der Waals surface area contributed by atoms with Crippen molar-refractivity contribution in [1.82, 2.24) is 5.32 Å². The average molecular weight is 261 g/mol. The number of para-hydroxylation sites is 1. The minimum Gasteiger partial charge on any atom is -0.493 e. The summed E-state index contributed by atoms with van der Waals surface area (Å²) in [6.07, 6.45) is 7.61. The molecule has 0 radical (unpaired) electrons. The lowest BCUT2D eigenvalue weighted by molar-refractivity contribution is 0.313. The van der Waals surface area contributed by atoms with Crippen LogP contribution >= 0.6 is 0 Å². The largest absolute Gasteiger partial charge is 0.493 e. The predicted molar refractivity (Wildman–Crippen MR) is 80.8 cm³/mol. The Kier molecular flexibility index (Phi) is 5.71. The zero-order valence-corrected chi connectivity index (χ0v) is 12.4. The van der Waals surface area contributed by atoms with E-state index in [-0.39, 0.29) is 0 Å². The molecule has 1 N–H and O–H groups in total. The Morgan fingerprint density at radius 3 is 3.00 bits per heavy atom. The summed E-state index contributed by atoms with van der Waals surface area (Å²) < 4.78 is 5.91. The van der Waals surface area contributed by atoms with E-state index in [2.05, 4.69) is 37.4 Å². The summed E-state index contributed by atoms with van der Waals surface area (Å²) in [4.78, 5) is 0. The molecule has 1 atom stereocenters. The molecule has 0 aliphatic carbocycles. The van der Waals surface area contributed by atoms with Crippen molar-refractivity contribution in [3.05, 3.63) is 29.3 Å². The number of rotatable bonds is 6. The van der Waals surface area contributed by atoms with Crippen molar-refractivity contribution < 1.29 is 4.74 Å². The van der Waals surface area contributed by atoms with Crippen LogP contribution in [0.5, 0.6) is 5.75 Å². The van der Waals surface area contributed by atoms with Crippen LogP contribution in [0.25, 0.3) is 0 Å². The number of ether oxygens (including phenoxy) is 1. The Morgan fingerprint density at radius 1 is 1.26 bits per heavy atom. The number of nitrogens with one attached hydrogen (secondary N) is 1.